The van der Waals surface area contributed by atoms with Crippen LogP contribution in [0.4, 0.5) is 0 Å². The third-order valence-electron chi connectivity index (χ3n) is 1.79. The molecule has 0 aliphatic rings. The number of hydrogen-bond acceptors (Lipinski definition) is 1. The normalized spacial score (nSPS) is 9.54. The number of H-pyrrole nitrogens is 1. The first-order chi connectivity index (χ1) is 6.29. The molecule has 0 radical (unpaired) electrons. The zero-order valence-corrected chi connectivity index (χ0v) is 8.81. The van der Waals surface area contributed by atoms with Crippen molar-refractivity contribution in [3.05, 3.63) is 29.0 Å². The lowest BCUT2D eigenvalue weighted by Crippen LogP contribution is -1.80. The highest BCUT2D eigenvalue weighted by atomic mass is 35.5. The molecule has 70 valence electrons. The highest BCUT2D eigenvalue weighted by Crippen LogP contribution is 2.21. The molecule has 0 aromatic carbocycles. The summed E-state index contributed by atoms with van der Waals surface area (Å²) in [7, 11) is 0. The number of fused-ring (bicyclic) bond motifs is 1. The van der Waals surface area contributed by atoms with Crippen molar-refractivity contribution in [1.29, 1.82) is 0 Å². The molecule has 2 aromatic heterocycles. The molecule has 3 heteroatoms. The maximum absolute atomic E-state index is 5.87. The molecule has 0 amide bonds. The van der Waals surface area contributed by atoms with Crippen molar-refractivity contribution in [1.82, 2.24) is 9.97 Å². The van der Waals surface area contributed by atoms with Gasteiger partial charge in [0.25, 0.3) is 0 Å². The molecule has 0 aliphatic carbocycles. The van der Waals surface area contributed by atoms with E-state index in [0.717, 1.165) is 21.6 Å². The van der Waals surface area contributed by atoms with E-state index in [-0.39, 0.29) is 0 Å². The average molecular weight is 197 g/mol. The quantitative estimate of drug-likeness (QED) is 0.686. The van der Waals surface area contributed by atoms with Gasteiger partial charge in [0.15, 0.2) is 0 Å². The second-order valence-corrected chi connectivity index (χ2v) is 2.88. The Morgan fingerprint density at radius 2 is 2.08 bits per heavy atom. The number of halogens is 1. The molecule has 0 fully saturated rings. The van der Waals surface area contributed by atoms with Crippen LogP contribution in [-0.2, 0) is 0 Å². The fourth-order valence-electron chi connectivity index (χ4n) is 1.12. The van der Waals surface area contributed by atoms with Crippen molar-refractivity contribution >= 4 is 22.6 Å². The van der Waals surface area contributed by atoms with Gasteiger partial charge in [0.1, 0.15) is 5.65 Å². The molecule has 2 heterocycles. The van der Waals surface area contributed by atoms with E-state index in [9.17, 15) is 0 Å². The molecule has 0 unspecified atom stereocenters. The second-order valence-electron chi connectivity index (χ2n) is 2.47. The second kappa shape index (κ2) is 4.28. The largest absolute Gasteiger partial charge is 0.346 e. The van der Waals surface area contributed by atoms with Crippen molar-refractivity contribution in [2.45, 2.75) is 20.8 Å². The van der Waals surface area contributed by atoms with Crippen LogP contribution in [0.5, 0.6) is 0 Å². The molecule has 0 saturated heterocycles. The first-order valence-corrected chi connectivity index (χ1v) is 4.75. The van der Waals surface area contributed by atoms with Crippen LogP contribution < -0.4 is 0 Å². The Kier molecular flexibility index (Phi) is 3.32. The molecule has 0 saturated carbocycles. The number of pyridine rings is 1. The van der Waals surface area contributed by atoms with Gasteiger partial charge in [-0.1, -0.05) is 25.4 Å². The van der Waals surface area contributed by atoms with E-state index in [0.29, 0.717) is 0 Å². The number of aryl methyl sites for hydroxylation is 1. The van der Waals surface area contributed by atoms with Crippen LogP contribution in [0.15, 0.2) is 18.5 Å². The van der Waals surface area contributed by atoms with Gasteiger partial charge in [-0.05, 0) is 18.6 Å². The monoisotopic (exact) mass is 196 g/mol. The molecule has 13 heavy (non-hydrogen) atoms. The lowest BCUT2D eigenvalue weighted by atomic mass is 10.2. The van der Waals surface area contributed by atoms with Gasteiger partial charge < -0.3 is 4.98 Å². The number of nitrogens with one attached hydrogen (secondary N) is 1. The third kappa shape index (κ3) is 1.83. The predicted octanol–water partition coefficient (Wildman–Crippen LogP) is 3.55. The fraction of sp³-hybridized carbons (Fsp3) is 0.300. The Labute approximate surface area is 82.9 Å². The highest BCUT2D eigenvalue weighted by Gasteiger charge is 2.01. The van der Waals surface area contributed by atoms with Gasteiger partial charge in [-0.15, -0.1) is 0 Å². The Bertz CT molecular complexity index is 393. The molecular formula is C10H13ClN2. The minimum absolute atomic E-state index is 0.720. The molecule has 0 atom stereocenters. The van der Waals surface area contributed by atoms with Crippen molar-refractivity contribution in [2.75, 3.05) is 0 Å². The van der Waals surface area contributed by atoms with Crippen LogP contribution in [0.2, 0.25) is 5.02 Å². The Balaban J connectivity index is 0.000000396. The highest BCUT2D eigenvalue weighted by molar-refractivity contribution is 6.32. The van der Waals surface area contributed by atoms with E-state index in [1.165, 1.54) is 0 Å². The van der Waals surface area contributed by atoms with Gasteiger partial charge in [0.2, 0.25) is 0 Å². The van der Waals surface area contributed by atoms with E-state index in [2.05, 4.69) is 9.97 Å². The van der Waals surface area contributed by atoms with E-state index in [1.807, 2.05) is 33.0 Å². The van der Waals surface area contributed by atoms with Crippen LogP contribution in [0, 0.1) is 6.92 Å². The molecule has 1 N–H and O–H groups in total. The lowest BCUT2D eigenvalue weighted by molar-refractivity contribution is 1.31. The number of aromatic amines is 1. The standard InChI is InChI=1S/C8H7ClN2.C2H6/c1-5-6-2-3-10-8(6)11-4-7(5)9;1-2/h2-4H,1H3,(H,10,11);1-2H3. The Hall–Kier alpha value is -1.02. The molecular weight excluding hydrogens is 184 g/mol. The fourth-order valence-corrected chi connectivity index (χ4v) is 1.27. The zero-order chi connectivity index (χ0) is 9.84. The molecule has 0 spiro atoms. The summed E-state index contributed by atoms with van der Waals surface area (Å²) in [5.74, 6) is 0. The summed E-state index contributed by atoms with van der Waals surface area (Å²) in [5.41, 5.74) is 1.98. The maximum Gasteiger partial charge on any atom is 0.137 e. The Morgan fingerprint density at radius 3 is 2.77 bits per heavy atom. The third-order valence-corrected chi connectivity index (χ3v) is 2.18. The van der Waals surface area contributed by atoms with Crippen LogP contribution in [0.25, 0.3) is 11.0 Å². The number of rotatable bonds is 0. The summed E-state index contributed by atoms with van der Waals surface area (Å²) in [6.45, 7) is 5.99. The predicted molar refractivity (Wildman–Crippen MR) is 57.2 cm³/mol. The van der Waals surface area contributed by atoms with Gasteiger partial charge in [-0.2, -0.15) is 0 Å². The maximum atomic E-state index is 5.87. The minimum Gasteiger partial charge on any atom is -0.346 e. The molecule has 0 bridgehead atoms. The van der Waals surface area contributed by atoms with E-state index in [4.69, 9.17) is 11.6 Å². The van der Waals surface area contributed by atoms with E-state index < -0.39 is 0 Å². The minimum atomic E-state index is 0.720. The van der Waals surface area contributed by atoms with E-state index >= 15 is 0 Å². The first kappa shape index (κ1) is 10.1. The number of nitrogens with zero attached hydrogens (tertiary/aromatic N) is 1. The molecule has 2 rings (SSSR count). The van der Waals surface area contributed by atoms with Crippen LogP contribution in [-0.4, -0.2) is 9.97 Å². The summed E-state index contributed by atoms with van der Waals surface area (Å²) >= 11 is 5.87. The SMILES string of the molecule is CC.Cc1c(Cl)cnc2[nH]ccc12. The smallest absolute Gasteiger partial charge is 0.137 e. The average Bonchev–Trinajstić information content (AvgIpc) is 2.63. The zero-order valence-electron chi connectivity index (χ0n) is 8.06. The summed E-state index contributed by atoms with van der Waals surface area (Å²) < 4.78 is 0. The van der Waals surface area contributed by atoms with Crippen molar-refractivity contribution < 1.29 is 0 Å². The first-order valence-electron chi connectivity index (χ1n) is 4.37. The van der Waals surface area contributed by atoms with Crippen LogP contribution in [0.3, 0.4) is 0 Å². The Morgan fingerprint density at radius 1 is 1.38 bits per heavy atom. The molecule has 2 nitrogen and oxygen atoms in total. The topological polar surface area (TPSA) is 28.7 Å². The summed E-state index contributed by atoms with van der Waals surface area (Å²) in [6, 6.07) is 1.98. The number of hydrogen-bond donors (Lipinski definition) is 1. The lowest BCUT2D eigenvalue weighted by Gasteiger charge is -1.96. The van der Waals surface area contributed by atoms with Gasteiger partial charge in [-0.25, -0.2) is 4.98 Å². The van der Waals surface area contributed by atoms with Crippen molar-refractivity contribution in [3.63, 3.8) is 0 Å². The molecule has 0 aliphatic heterocycles. The van der Waals surface area contributed by atoms with Gasteiger partial charge in [-0.3, -0.25) is 0 Å². The van der Waals surface area contributed by atoms with Gasteiger partial charge in [0.05, 0.1) is 5.02 Å². The van der Waals surface area contributed by atoms with Crippen LogP contribution >= 0.6 is 11.6 Å². The molecule has 2 aromatic rings. The van der Waals surface area contributed by atoms with Crippen LogP contribution in [0.1, 0.15) is 19.4 Å². The van der Waals surface area contributed by atoms with E-state index in [1.54, 1.807) is 6.20 Å². The summed E-state index contributed by atoms with van der Waals surface area (Å²) in [5, 5.41) is 1.81. The summed E-state index contributed by atoms with van der Waals surface area (Å²) in [6.07, 6.45) is 3.52. The van der Waals surface area contributed by atoms with Gasteiger partial charge >= 0.3 is 0 Å². The van der Waals surface area contributed by atoms with Crippen molar-refractivity contribution in [2.24, 2.45) is 0 Å². The number of aromatic nitrogens is 2. The van der Waals surface area contributed by atoms with Crippen molar-refractivity contribution in [3.8, 4) is 0 Å². The summed E-state index contributed by atoms with van der Waals surface area (Å²) in [4.78, 5) is 7.13. The van der Waals surface area contributed by atoms with Gasteiger partial charge in [0, 0.05) is 17.8 Å².